The molecule has 5 heteroatoms. The van der Waals surface area contributed by atoms with Crippen molar-refractivity contribution in [2.45, 2.75) is 19.9 Å². The molecule has 2 aromatic rings. The van der Waals surface area contributed by atoms with Crippen LogP contribution in [0.5, 0.6) is 0 Å². The molecule has 98 valence electrons. The minimum atomic E-state index is 0.229. The van der Waals surface area contributed by atoms with E-state index < -0.39 is 0 Å². The molecule has 0 aliphatic carbocycles. The first-order valence-electron chi connectivity index (χ1n) is 6.42. The van der Waals surface area contributed by atoms with Crippen molar-refractivity contribution < 1.29 is 4.74 Å². The zero-order chi connectivity index (χ0) is 13.2. The molecular weight excluding hydrogens is 240 g/mol. The maximum atomic E-state index is 5.65. The monoisotopic (exact) mass is 256 g/mol. The third kappa shape index (κ3) is 2.36. The summed E-state index contributed by atoms with van der Waals surface area (Å²) in [5.41, 5.74) is 2.51. The van der Waals surface area contributed by atoms with Crippen LogP contribution in [0.3, 0.4) is 0 Å². The van der Waals surface area contributed by atoms with Crippen LogP contribution in [-0.2, 0) is 4.74 Å². The number of aromatic amines is 1. The van der Waals surface area contributed by atoms with Crippen molar-refractivity contribution in [3.05, 3.63) is 36.2 Å². The number of pyridine rings is 1. The fourth-order valence-electron chi connectivity index (χ4n) is 1.97. The molecule has 0 fully saturated rings. The van der Waals surface area contributed by atoms with Crippen LogP contribution in [0.25, 0.3) is 11.4 Å². The maximum absolute atomic E-state index is 5.65. The summed E-state index contributed by atoms with van der Waals surface area (Å²) in [6.07, 6.45) is 1.71. The molecule has 0 unspecified atom stereocenters. The van der Waals surface area contributed by atoms with Gasteiger partial charge in [0.25, 0.3) is 0 Å². The molecule has 1 atom stereocenters. The molecule has 0 spiro atoms. The van der Waals surface area contributed by atoms with Gasteiger partial charge in [0.15, 0.2) is 0 Å². The van der Waals surface area contributed by atoms with Crippen LogP contribution in [-0.4, -0.2) is 33.7 Å². The molecule has 0 bridgehead atoms. The number of ether oxygens (including phenoxy) is 1. The van der Waals surface area contributed by atoms with Crippen molar-refractivity contribution in [1.29, 1.82) is 0 Å². The molecule has 3 heterocycles. The molecule has 0 saturated heterocycles. The van der Waals surface area contributed by atoms with Crippen LogP contribution in [0.4, 0.5) is 0 Å². The fourth-order valence-corrected chi connectivity index (χ4v) is 1.97. The standard InChI is InChI=1S/C14H16N4O/c1-9(2)13-8-19-14(17-13)12-5-3-4-10(16-12)11-6-7-15-18-11/h3-7,9,13H,8H2,1-2H3,(H,15,18)/t13-/m1/s1. The summed E-state index contributed by atoms with van der Waals surface area (Å²) in [7, 11) is 0. The largest absolute Gasteiger partial charge is 0.474 e. The van der Waals surface area contributed by atoms with E-state index in [1.54, 1.807) is 6.20 Å². The van der Waals surface area contributed by atoms with Crippen LogP contribution < -0.4 is 0 Å². The highest BCUT2D eigenvalue weighted by atomic mass is 16.5. The first-order valence-corrected chi connectivity index (χ1v) is 6.42. The van der Waals surface area contributed by atoms with Crippen molar-refractivity contribution >= 4 is 5.90 Å². The third-order valence-electron chi connectivity index (χ3n) is 3.19. The first kappa shape index (κ1) is 11.9. The van der Waals surface area contributed by atoms with Gasteiger partial charge in [0, 0.05) is 6.20 Å². The van der Waals surface area contributed by atoms with Gasteiger partial charge in [-0.15, -0.1) is 0 Å². The highest BCUT2D eigenvalue weighted by molar-refractivity contribution is 5.93. The molecule has 0 saturated carbocycles. The molecule has 0 radical (unpaired) electrons. The van der Waals surface area contributed by atoms with E-state index in [0.29, 0.717) is 18.4 Å². The van der Waals surface area contributed by atoms with Gasteiger partial charge in [-0.05, 0) is 24.1 Å². The van der Waals surface area contributed by atoms with Gasteiger partial charge in [0.05, 0.1) is 17.4 Å². The lowest BCUT2D eigenvalue weighted by molar-refractivity contribution is 0.291. The van der Waals surface area contributed by atoms with Crippen molar-refractivity contribution in [2.75, 3.05) is 6.61 Å². The van der Waals surface area contributed by atoms with E-state index in [-0.39, 0.29) is 6.04 Å². The van der Waals surface area contributed by atoms with Crippen LogP contribution in [0.15, 0.2) is 35.5 Å². The lowest BCUT2D eigenvalue weighted by Gasteiger charge is -2.06. The molecule has 5 nitrogen and oxygen atoms in total. The minimum Gasteiger partial charge on any atom is -0.474 e. The Balaban J connectivity index is 1.90. The first-order chi connectivity index (χ1) is 9.24. The highest BCUT2D eigenvalue weighted by Crippen LogP contribution is 2.19. The summed E-state index contributed by atoms with van der Waals surface area (Å²) < 4.78 is 5.65. The van der Waals surface area contributed by atoms with Crippen molar-refractivity contribution in [1.82, 2.24) is 15.2 Å². The van der Waals surface area contributed by atoms with Crippen LogP contribution >= 0.6 is 0 Å². The Morgan fingerprint density at radius 2 is 2.11 bits per heavy atom. The zero-order valence-corrected chi connectivity index (χ0v) is 11.0. The lowest BCUT2D eigenvalue weighted by Crippen LogP contribution is -2.13. The molecule has 1 aliphatic rings. The SMILES string of the molecule is CC(C)[C@H]1COC(c2cccc(-c3ccn[nH]3)n2)=N1. The Kier molecular flexibility index (Phi) is 3.03. The Hall–Kier alpha value is -2.17. The van der Waals surface area contributed by atoms with Gasteiger partial charge in [-0.25, -0.2) is 9.98 Å². The zero-order valence-electron chi connectivity index (χ0n) is 11.0. The summed E-state index contributed by atoms with van der Waals surface area (Å²) in [5, 5.41) is 6.84. The van der Waals surface area contributed by atoms with E-state index >= 15 is 0 Å². The lowest BCUT2D eigenvalue weighted by atomic mass is 10.1. The minimum absolute atomic E-state index is 0.229. The summed E-state index contributed by atoms with van der Waals surface area (Å²) >= 11 is 0. The van der Waals surface area contributed by atoms with E-state index in [9.17, 15) is 0 Å². The predicted octanol–water partition coefficient (Wildman–Crippen LogP) is 2.27. The normalized spacial score (nSPS) is 18.5. The Bertz CT molecular complexity index is 589. The van der Waals surface area contributed by atoms with Gasteiger partial charge in [-0.1, -0.05) is 19.9 Å². The van der Waals surface area contributed by atoms with Gasteiger partial charge >= 0.3 is 0 Å². The van der Waals surface area contributed by atoms with Gasteiger partial charge in [-0.3, -0.25) is 5.10 Å². The average molecular weight is 256 g/mol. The van der Waals surface area contributed by atoms with Gasteiger partial charge in [0.2, 0.25) is 5.90 Å². The van der Waals surface area contributed by atoms with E-state index in [2.05, 4.69) is 34.0 Å². The molecule has 2 aromatic heterocycles. The number of nitrogens with zero attached hydrogens (tertiary/aromatic N) is 3. The van der Waals surface area contributed by atoms with Gasteiger partial charge < -0.3 is 4.74 Å². The van der Waals surface area contributed by atoms with Crippen LogP contribution in [0.1, 0.15) is 19.5 Å². The number of nitrogens with one attached hydrogen (secondary N) is 1. The molecule has 1 aliphatic heterocycles. The smallest absolute Gasteiger partial charge is 0.235 e. The highest BCUT2D eigenvalue weighted by Gasteiger charge is 2.23. The van der Waals surface area contributed by atoms with Gasteiger partial charge in [0.1, 0.15) is 12.3 Å². The molecule has 19 heavy (non-hydrogen) atoms. The quantitative estimate of drug-likeness (QED) is 0.916. The number of hydrogen-bond donors (Lipinski definition) is 1. The Morgan fingerprint density at radius 3 is 2.79 bits per heavy atom. The van der Waals surface area contributed by atoms with E-state index in [0.717, 1.165) is 17.1 Å². The van der Waals surface area contributed by atoms with E-state index in [1.807, 2.05) is 24.3 Å². The third-order valence-corrected chi connectivity index (χ3v) is 3.19. The van der Waals surface area contributed by atoms with E-state index in [4.69, 9.17) is 4.74 Å². The topological polar surface area (TPSA) is 63.2 Å². The van der Waals surface area contributed by atoms with Gasteiger partial charge in [-0.2, -0.15) is 5.10 Å². The van der Waals surface area contributed by atoms with Crippen LogP contribution in [0.2, 0.25) is 0 Å². The molecule has 0 aromatic carbocycles. The Labute approximate surface area is 111 Å². The fraction of sp³-hybridized carbons (Fsp3) is 0.357. The second kappa shape index (κ2) is 4.84. The summed E-state index contributed by atoms with van der Waals surface area (Å²) in [4.78, 5) is 9.15. The summed E-state index contributed by atoms with van der Waals surface area (Å²) in [6.45, 7) is 4.94. The van der Waals surface area contributed by atoms with Crippen molar-refractivity contribution in [2.24, 2.45) is 10.9 Å². The second-order valence-electron chi connectivity index (χ2n) is 4.94. The number of hydrogen-bond acceptors (Lipinski definition) is 4. The Morgan fingerprint density at radius 1 is 1.26 bits per heavy atom. The molecule has 3 rings (SSSR count). The second-order valence-corrected chi connectivity index (χ2v) is 4.94. The maximum Gasteiger partial charge on any atom is 0.235 e. The van der Waals surface area contributed by atoms with Crippen molar-refractivity contribution in [3.63, 3.8) is 0 Å². The average Bonchev–Trinajstić information content (AvgIpc) is 3.10. The number of aromatic nitrogens is 3. The molecule has 0 amide bonds. The number of H-pyrrole nitrogens is 1. The van der Waals surface area contributed by atoms with Crippen molar-refractivity contribution in [3.8, 4) is 11.4 Å². The summed E-state index contributed by atoms with van der Waals surface area (Å²) in [5.74, 6) is 1.12. The van der Waals surface area contributed by atoms with Crippen LogP contribution in [0, 0.1) is 5.92 Å². The summed E-state index contributed by atoms with van der Waals surface area (Å²) in [6, 6.07) is 7.93. The molecular formula is C14H16N4O. The molecule has 1 N–H and O–H groups in total. The predicted molar refractivity (Wildman–Crippen MR) is 72.9 cm³/mol. The number of aliphatic imine (C=N–C) groups is 1. The van der Waals surface area contributed by atoms with E-state index in [1.165, 1.54) is 0 Å². The number of rotatable bonds is 3.